The maximum absolute atomic E-state index is 3.01. The zero-order valence-electron chi connectivity index (χ0n) is 7.47. The second-order valence-corrected chi connectivity index (χ2v) is 5.79. The van der Waals surface area contributed by atoms with Crippen LogP contribution in [0.15, 0.2) is 0 Å². The molecule has 0 N–H and O–H groups in total. The largest absolute Gasteiger partial charge is 0.134 e. The van der Waals surface area contributed by atoms with E-state index in [0.717, 1.165) is 17.0 Å². The van der Waals surface area contributed by atoms with Crippen LogP contribution in [-0.4, -0.2) is 5.66 Å². The number of hydrogen-bond acceptors (Lipinski definition) is 0. The lowest BCUT2D eigenvalue weighted by atomic mass is 9.84. The van der Waals surface area contributed by atoms with Crippen LogP contribution >= 0.6 is 9.24 Å². The molecule has 2 aliphatic carbocycles. The summed E-state index contributed by atoms with van der Waals surface area (Å²) in [6.07, 6.45) is 9.04. The molecule has 0 heterocycles. The molecule has 2 saturated carbocycles. The van der Waals surface area contributed by atoms with Crippen molar-refractivity contribution < 1.29 is 0 Å². The first-order valence-electron chi connectivity index (χ1n) is 4.96. The minimum Gasteiger partial charge on any atom is -0.134 e. The fraction of sp³-hybridized carbons (Fsp3) is 1.00. The average Bonchev–Trinajstić information content (AvgIpc) is 2.44. The average molecular weight is 170 g/mol. The lowest BCUT2D eigenvalue weighted by molar-refractivity contribution is 0.299. The van der Waals surface area contributed by atoms with E-state index in [1.807, 2.05) is 0 Å². The van der Waals surface area contributed by atoms with Crippen LogP contribution in [0.1, 0.15) is 45.4 Å². The van der Waals surface area contributed by atoms with Gasteiger partial charge >= 0.3 is 0 Å². The van der Waals surface area contributed by atoms with Crippen molar-refractivity contribution in [1.29, 1.82) is 0 Å². The van der Waals surface area contributed by atoms with Gasteiger partial charge in [-0.05, 0) is 49.1 Å². The summed E-state index contributed by atoms with van der Waals surface area (Å²) in [4.78, 5) is 0. The molecule has 2 fully saturated rings. The van der Waals surface area contributed by atoms with Gasteiger partial charge in [-0.2, -0.15) is 0 Å². The van der Waals surface area contributed by atoms with E-state index in [4.69, 9.17) is 0 Å². The Hall–Kier alpha value is 0.430. The first-order chi connectivity index (χ1) is 5.20. The molecule has 0 bridgehead atoms. The normalized spacial score (nSPS) is 50.7. The van der Waals surface area contributed by atoms with Crippen molar-refractivity contribution in [2.45, 2.75) is 51.1 Å². The van der Waals surface area contributed by atoms with E-state index in [1.54, 1.807) is 0 Å². The number of hydrogen-bond donors (Lipinski definition) is 0. The van der Waals surface area contributed by atoms with Gasteiger partial charge in [0.25, 0.3) is 0 Å². The Morgan fingerprint density at radius 3 is 2.36 bits per heavy atom. The minimum absolute atomic E-state index is 0.811. The predicted molar refractivity (Wildman–Crippen MR) is 52.8 cm³/mol. The molecule has 0 amide bonds. The molecule has 11 heavy (non-hydrogen) atoms. The smallest absolute Gasteiger partial charge is 0.0259 e. The molecular weight excluding hydrogens is 151 g/mol. The summed E-state index contributed by atoms with van der Waals surface area (Å²) < 4.78 is 0. The number of rotatable bonds is 0. The lowest BCUT2D eigenvalue weighted by Crippen LogP contribution is -2.11. The third-order valence-electron chi connectivity index (χ3n) is 3.69. The molecule has 4 unspecified atom stereocenters. The van der Waals surface area contributed by atoms with Gasteiger partial charge in [0, 0.05) is 0 Å². The van der Waals surface area contributed by atoms with E-state index >= 15 is 0 Å². The van der Waals surface area contributed by atoms with Crippen LogP contribution in [0.2, 0.25) is 0 Å². The van der Waals surface area contributed by atoms with Crippen LogP contribution < -0.4 is 0 Å². The van der Waals surface area contributed by atoms with Crippen LogP contribution in [0.5, 0.6) is 0 Å². The third kappa shape index (κ3) is 1.47. The Kier molecular flexibility index (Phi) is 2.00. The maximum atomic E-state index is 3.01. The highest BCUT2D eigenvalue weighted by molar-refractivity contribution is 7.17. The van der Waals surface area contributed by atoms with Crippen LogP contribution in [-0.2, 0) is 0 Å². The van der Waals surface area contributed by atoms with Crippen molar-refractivity contribution in [1.82, 2.24) is 0 Å². The standard InChI is InChI=1S/C10H19P/c1-8-2-4-10(6-8)5-3-9(11)7-10/h8-9H,2-7,11H2,1H3. The van der Waals surface area contributed by atoms with E-state index in [-0.39, 0.29) is 0 Å². The van der Waals surface area contributed by atoms with Crippen molar-refractivity contribution in [2.75, 3.05) is 0 Å². The maximum Gasteiger partial charge on any atom is -0.0259 e. The zero-order chi connectivity index (χ0) is 7.90. The van der Waals surface area contributed by atoms with E-state index in [1.165, 1.54) is 38.5 Å². The minimum atomic E-state index is 0.811. The molecule has 0 saturated heterocycles. The molecule has 0 nitrogen and oxygen atoms in total. The molecule has 1 spiro atoms. The molecule has 2 rings (SSSR count). The van der Waals surface area contributed by atoms with Crippen molar-refractivity contribution in [3.63, 3.8) is 0 Å². The van der Waals surface area contributed by atoms with E-state index in [2.05, 4.69) is 16.2 Å². The van der Waals surface area contributed by atoms with Crippen LogP contribution in [0.3, 0.4) is 0 Å². The second kappa shape index (κ2) is 2.73. The Morgan fingerprint density at radius 1 is 1.18 bits per heavy atom. The lowest BCUT2D eigenvalue weighted by Gasteiger charge is -2.22. The summed E-state index contributed by atoms with van der Waals surface area (Å²) in [5.74, 6) is 1.02. The Bertz CT molecular complexity index is 135. The summed E-state index contributed by atoms with van der Waals surface area (Å²) in [6.45, 7) is 2.42. The highest BCUT2D eigenvalue weighted by Gasteiger charge is 2.41. The predicted octanol–water partition coefficient (Wildman–Crippen LogP) is 3.22. The van der Waals surface area contributed by atoms with Gasteiger partial charge < -0.3 is 0 Å². The molecule has 0 aromatic rings. The van der Waals surface area contributed by atoms with Crippen molar-refractivity contribution in [3.05, 3.63) is 0 Å². The highest BCUT2D eigenvalue weighted by atomic mass is 31.0. The molecular formula is C10H19P. The summed E-state index contributed by atoms with van der Waals surface area (Å²) in [7, 11) is 3.01. The molecule has 0 radical (unpaired) electrons. The van der Waals surface area contributed by atoms with Gasteiger partial charge in [-0.25, -0.2) is 0 Å². The third-order valence-corrected chi connectivity index (χ3v) is 4.26. The Labute approximate surface area is 72.3 Å². The molecule has 0 aromatic carbocycles. The van der Waals surface area contributed by atoms with Crippen LogP contribution in [0, 0.1) is 11.3 Å². The molecule has 64 valence electrons. The monoisotopic (exact) mass is 170 g/mol. The Morgan fingerprint density at radius 2 is 1.91 bits per heavy atom. The van der Waals surface area contributed by atoms with Gasteiger partial charge in [-0.1, -0.05) is 13.3 Å². The molecule has 0 aromatic heterocycles. The SMILES string of the molecule is CC1CCC2(CCC(P)C2)C1. The van der Waals surface area contributed by atoms with Crippen molar-refractivity contribution in [2.24, 2.45) is 11.3 Å². The molecule has 4 atom stereocenters. The quantitative estimate of drug-likeness (QED) is 0.490. The second-order valence-electron chi connectivity index (χ2n) is 4.85. The van der Waals surface area contributed by atoms with Crippen molar-refractivity contribution >= 4 is 9.24 Å². The Balaban J connectivity index is 2.02. The van der Waals surface area contributed by atoms with Crippen LogP contribution in [0.4, 0.5) is 0 Å². The van der Waals surface area contributed by atoms with Gasteiger partial charge in [0.2, 0.25) is 0 Å². The van der Waals surface area contributed by atoms with Gasteiger partial charge in [0.15, 0.2) is 0 Å². The van der Waals surface area contributed by atoms with E-state index in [0.29, 0.717) is 0 Å². The first-order valence-corrected chi connectivity index (χ1v) is 5.62. The van der Waals surface area contributed by atoms with Crippen molar-refractivity contribution in [3.8, 4) is 0 Å². The fourth-order valence-electron chi connectivity index (χ4n) is 3.16. The fourth-order valence-corrected chi connectivity index (χ4v) is 3.83. The first kappa shape index (κ1) is 8.05. The summed E-state index contributed by atoms with van der Waals surface area (Å²) >= 11 is 0. The van der Waals surface area contributed by atoms with Gasteiger partial charge in [0.05, 0.1) is 0 Å². The van der Waals surface area contributed by atoms with Crippen LogP contribution in [0.25, 0.3) is 0 Å². The van der Waals surface area contributed by atoms with E-state index < -0.39 is 0 Å². The van der Waals surface area contributed by atoms with Gasteiger partial charge in [-0.3, -0.25) is 0 Å². The topological polar surface area (TPSA) is 0 Å². The molecule has 2 aliphatic rings. The molecule has 1 heteroatoms. The summed E-state index contributed by atoms with van der Waals surface area (Å²) in [6, 6.07) is 0. The summed E-state index contributed by atoms with van der Waals surface area (Å²) in [5, 5.41) is 0. The van der Waals surface area contributed by atoms with Gasteiger partial charge in [-0.15, -0.1) is 9.24 Å². The summed E-state index contributed by atoms with van der Waals surface area (Å²) in [5.41, 5.74) is 1.76. The zero-order valence-corrected chi connectivity index (χ0v) is 8.63. The highest BCUT2D eigenvalue weighted by Crippen LogP contribution is 2.53. The van der Waals surface area contributed by atoms with E-state index in [9.17, 15) is 0 Å². The van der Waals surface area contributed by atoms with Gasteiger partial charge in [0.1, 0.15) is 0 Å². The molecule has 0 aliphatic heterocycles.